The number of hydrogen-bond donors (Lipinski definition) is 1. The third-order valence-corrected chi connectivity index (χ3v) is 4.57. The van der Waals surface area contributed by atoms with E-state index in [9.17, 15) is 4.79 Å². The van der Waals surface area contributed by atoms with Gasteiger partial charge in [-0.15, -0.1) is 11.3 Å². The largest absolute Gasteiger partial charge is 0.481 e. The lowest BCUT2D eigenvalue weighted by molar-refractivity contribution is 0.163. The number of hydrogen-bond acceptors (Lipinski definition) is 5. The SMILES string of the molecule is COc1ccc(NC(=O)N2CCCCC2c2nccs2)cn1. The van der Waals surface area contributed by atoms with Crippen molar-refractivity contribution in [2.45, 2.75) is 25.3 Å². The number of amides is 2. The first-order valence-electron chi connectivity index (χ1n) is 7.25. The standard InChI is InChI=1S/C15H18N4O2S/c1-21-13-6-5-11(10-17-13)18-15(20)19-8-3-2-4-12(19)14-16-7-9-22-14/h5-7,9-10,12H,2-4,8H2,1H3,(H,18,20). The molecule has 1 unspecified atom stereocenters. The maximum absolute atomic E-state index is 12.6. The van der Waals surface area contributed by atoms with Crippen molar-refractivity contribution in [1.82, 2.24) is 14.9 Å². The molecule has 1 fully saturated rings. The number of pyridine rings is 1. The number of thiazole rings is 1. The van der Waals surface area contributed by atoms with Crippen molar-refractivity contribution in [2.24, 2.45) is 0 Å². The summed E-state index contributed by atoms with van der Waals surface area (Å²) in [6, 6.07) is 3.47. The van der Waals surface area contributed by atoms with Crippen LogP contribution < -0.4 is 10.1 Å². The van der Waals surface area contributed by atoms with Crippen LogP contribution in [0.15, 0.2) is 29.9 Å². The molecular formula is C15H18N4O2S. The van der Waals surface area contributed by atoms with Crippen molar-refractivity contribution in [3.05, 3.63) is 34.9 Å². The number of ether oxygens (including phenoxy) is 1. The number of carbonyl (C=O) groups is 1. The Morgan fingerprint density at radius 2 is 2.32 bits per heavy atom. The van der Waals surface area contributed by atoms with E-state index in [1.165, 1.54) is 0 Å². The fraction of sp³-hybridized carbons (Fsp3) is 0.400. The van der Waals surface area contributed by atoms with Gasteiger partial charge in [0, 0.05) is 24.2 Å². The summed E-state index contributed by atoms with van der Waals surface area (Å²) in [5.74, 6) is 0.525. The highest BCUT2D eigenvalue weighted by Gasteiger charge is 2.29. The Hall–Kier alpha value is -2.15. The summed E-state index contributed by atoms with van der Waals surface area (Å²) in [6.45, 7) is 0.750. The summed E-state index contributed by atoms with van der Waals surface area (Å²) in [6.07, 6.45) is 6.49. The quantitative estimate of drug-likeness (QED) is 0.943. The van der Waals surface area contributed by atoms with Gasteiger partial charge in [-0.05, 0) is 25.3 Å². The molecule has 0 radical (unpaired) electrons. The highest BCUT2D eigenvalue weighted by Crippen LogP contribution is 2.32. The molecule has 2 aromatic rings. The van der Waals surface area contributed by atoms with Crippen LogP contribution in [-0.2, 0) is 0 Å². The molecule has 0 aliphatic carbocycles. The normalized spacial score (nSPS) is 18.0. The summed E-state index contributed by atoms with van der Waals surface area (Å²) in [4.78, 5) is 22.9. The Morgan fingerprint density at radius 3 is 3.00 bits per heavy atom. The van der Waals surface area contributed by atoms with E-state index >= 15 is 0 Å². The van der Waals surface area contributed by atoms with E-state index in [2.05, 4.69) is 15.3 Å². The summed E-state index contributed by atoms with van der Waals surface area (Å²) < 4.78 is 5.02. The third kappa shape index (κ3) is 3.19. The summed E-state index contributed by atoms with van der Waals surface area (Å²) in [5.41, 5.74) is 0.661. The van der Waals surface area contributed by atoms with E-state index in [1.807, 2.05) is 10.3 Å². The van der Waals surface area contributed by atoms with Gasteiger partial charge in [0.2, 0.25) is 5.88 Å². The highest BCUT2D eigenvalue weighted by atomic mass is 32.1. The summed E-state index contributed by atoms with van der Waals surface area (Å²) in [7, 11) is 1.56. The van der Waals surface area contributed by atoms with Gasteiger partial charge < -0.3 is 15.0 Å². The van der Waals surface area contributed by atoms with E-state index in [1.54, 1.807) is 43.0 Å². The fourth-order valence-corrected chi connectivity index (χ4v) is 3.39. The van der Waals surface area contributed by atoms with Gasteiger partial charge in [-0.2, -0.15) is 0 Å². The number of likely N-dealkylation sites (tertiary alicyclic amines) is 1. The van der Waals surface area contributed by atoms with Gasteiger partial charge >= 0.3 is 6.03 Å². The van der Waals surface area contributed by atoms with E-state index in [0.29, 0.717) is 11.6 Å². The second-order valence-corrected chi connectivity index (χ2v) is 6.02. The molecule has 3 heterocycles. The zero-order chi connectivity index (χ0) is 15.4. The van der Waals surface area contributed by atoms with Gasteiger partial charge in [0.1, 0.15) is 5.01 Å². The molecule has 2 amide bonds. The minimum Gasteiger partial charge on any atom is -0.481 e. The average Bonchev–Trinajstić information content (AvgIpc) is 3.10. The lowest BCUT2D eigenvalue weighted by atomic mass is 10.0. The van der Waals surface area contributed by atoms with Crippen LogP contribution in [0.4, 0.5) is 10.5 Å². The molecule has 2 aromatic heterocycles. The zero-order valence-electron chi connectivity index (χ0n) is 12.4. The van der Waals surface area contributed by atoms with Crippen LogP contribution in [0.5, 0.6) is 5.88 Å². The Morgan fingerprint density at radius 1 is 1.41 bits per heavy atom. The van der Waals surface area contributed by atoms with Gasteiger partial charge in [0.05, 0.1) is 25.0 Å². The summed E-state index contributed by atoms with van der Waals surface area (Å²) in [5, 5.41) is 5.85. The van der Waals surface area contributed by atoms with E-state index in [-0.39, 0.29) is 12.1 Å². The molecule has 3 rings (SSSR count). The van der Waals surface area contributed by atoms with Crippen LogP contribution >= 0.6 is 11.3 Å². The first-order chi connectivity index (χ1) is 10.8. The van der Waals surface area contributed by atoms with Gasteiger partial charge in [-0.25, -0.2) is 14.8 Å². The molecule has 1 N–H and O–H groups in total. The van der Waals surface area contributed by atoms with Crippen LogP contribution in [0.1, 0.15) is 30.3 Å². The van der Waals surface area contributed by atoms with Crippen molar-refractivity contribution in [2.75, 3.05) is 19.0 Å². The number of anilines is 1. The first-order valence-corrected chi connectivity index (χ1v) is 8.13. The van der Waals surface area contributed by atoms with E-state index < -0.39 is 0 Å². The molecule has 1 atom stereocenters. The van der Waals surface area contributed by atoms with Crippen LogP contribution in [-0.4, -0.2) is 34.6 Å². The second kappa shape index (κ2) is 6.74. The molecule has 116 valence electrons. The number of aromatic nitrogens is 2. The van der Waals surface area contributed by atoms with Gasteiger partial charge in [-0.3, -0.25) is 0 Å². The van der Waals surface area contributed by atoms with Crippen LogP contribution in [0.25, 0.3) is 0 Å². The first kappa shape index (κ1) is 14.8. The number of rotatable bonds is 3. The van der Waals surface area contributed by atoms with Gasteiger partial charge in [0.15, 0.2) is 0 Å². The van der Waals surface area contributed by atoms with E-state index in [0.717, 1.165) is 30.8 Å². The molecule has 0 aromatic carbocycles. The Kier molecular flexibility index (Phi) is 4.53. The molecule has 7 heteroatoms. The topological polar surface area (TPSA) is 67.3 Å². The minimum atomic E-state index is -0.105. The third-order valence-electron chi connectivity index (χ3n) is 3.70. The number of methoxy groups -OCH3 is 1. The van der Waals surface area contributed by atoms with Crippen molar-refractivity contribution in [3.8, 4) is 5.88 Å². The Bertz CT molecular complexity index is 615. The molecule has 0 spiro atoms. The van der Waals surface area contributed by atoms with Crippen molar-refractivity contribution >= 4 is 23.1 Å². The number of piperidine rings is 1. The molecule has 0 saturated carbocycles. The zero-order valence-corrected chi connectivity index (χ0v) is 13.2. The number of urea groups is 1. The van der Waals surface area contributed by atoms with Crippen molar-refractivity contribution in [3.63, 3.8) is 0 Å². The van der Waals surface area contributed by atoms with Gasteiger partial charge in [0.25, 0.3) is 0 Å². The van der Waals surface area contributed by atoms with Crippen LogP contribution in [0, 0.1) is 0 Å². The number of nitrogens with zero attached hydrogens (tertiary/aromatic N) is 3. The Balaban J connectivity index is 1.71. The monoisotopic (exact) mass is 318 g/mol. The lowest BCUT2D eigenvalue weighted by Crippen LogP contribution is -2.41. The smallest absolute Gasteiger partial charge is 0.322 e. The average molecular weight is 318 g/mol. The van der Waals surface area contributed by atoms with Crippen LogP contribution in [0.3, 0.4) is 0 Å². The van der Waals surface area contributed by atoms with Crippen molar-refractivity contribution in [1.29, 1.82) is 0 Å². The molecule has 1 aliphatic rings. The molecular weight excluding hydrogens is 300 g/mol. The predicted octanol–water partition coefficient (Wildman–Crippen LogP) is 3.31. The van der Waals surface area contributed by atoms with Crippen LogP contribution in [0.2, 0.25) is 0 Å². The maximum atomic E-state index is 12.6. The number of nitrogens with one attached hydrogen (secondary N) is 1. The molecule has 1 saturated heterocycles. The van der Waals surface area contributed by atoms with E-state index in [4.69, 9.17) is 4.74 Å². The predicted molar refractivity (Wildman–Crippen MR) is 85.2 cm³/mol. The number of carbonyl (C=O) groups excluding carboxylic acids is 1. The molecule has 22 heavy (non-hydrogen) atoms. The highest BCUT2D eigenvalue weighted by molar-refractivity contribution is 7.09. The minimum absolute atomic E-state index is 0.0694. The summed E-state index contributed by atoms with van der Waals surface area (Å²) >= 11 is 1.60. The molecule has 0 bridgehead atoms. The molecule has 1 aliphatic heterocycles. The maximum Gasteiger partial charge on any atom is 0.322 e. The van der Waals surface area contributed by atoms with Gasteiger partial charge in [-0.1, -0.05) is 0 Å². The van der Waals surface area contributed by atoms with Crippen molar-refractivity contribution < 1.29 is 9.53 Å². The lowest BCUT2D eigenvalue weighted by Gasteiger charge is -2.34. The second-order valence-electron chi connectivity index (χ2n) is 5.09. The molecule has 6 nitrogen and oxygen atoms in total. The fourth-order valence-electron chi connectivity index (χ4n) is 2.60. The Labute approximate surface area is 133 Å².